The fourth-order valence-corrected chi connectivity index (χ4v) is 3.63. The number of carbonyl (C=O) groups is 2. The number of carbonyl (C=O) groups excluding carboxylic acids is 2. The lowest BCUT2D eigenvalue weighted by Crippen LogP contribution is -2.13. The lowest BCUT2D eigenvalue weighted by molar-refractivity contribution is 0.0602. The van der Waals surface area contributed by atoms with Gasteiger partial charge in [0.05, 0.1) is 12.7 Å². The van der Waals surface area contributed by atoms with Crippen molar-refractivity contribution in [1.29, 1.82) is 0 Å². The highest BCUT2D eigenvalue weighted by atomic mass is 32.1. The predicted molar refractivity (Wildman–Crippen MR) is 104 cm³/mol. The van der Waals surface area contributed by atoms with Crippen molar-refractivity contribution in [3.8, 4) is 17.2 Å². The summed E-state index contributed by atoms with van der Waals surface area (Å²) in [5, 5.41) is 3.10. The van der Waals surface area contributed by atoms with Gasteiger partial charge in [0.2, 0.25) is 6.79 Å². The van der Waals surface area contributed by atoms with Crippen LogP contribution in [0.3, 0.4) is 0 Å². The van der Waals surface area contributed by atoms with Gasteiger partial charge in [0.1, 0.15) is 23.1 Å². The molecule has 1 N–H and O–H groups in total. The average Bonchev–Trinajstić information content (AvgIpc) is 3.45. The van der Waals surface area contributed by atoms with Crippen molar-refractivity contribution in [2.24, 2.45) is 0 Å². The predicted octanol–water partition coefficient (Wildman–Crippen LogP) is 4.00. The van der Waals surface area contributed by atoms with Gasteiger partial charge < -0.3 is 28.7 Å². The Hall–Kier alpha value is -3.46. The summed E-state index contributed by atoms with van der Waals surface area (Å²) in [6, 6.07) is 10.1. The molecule has 0 unspecified atom stereocenters. The van der Waals surface area contributed by atoms with Crippen LogP contribution in [-0.4, -0.2) is 25.8 Å². The van der Waals surface area contributed by atoms with Gasteiger partial charge in [0, 0.05) is 10.9 Å². The van der Waals surface area contributed by atoms with Crippen LogP contribution in [0.5, 0.6) is 17.2 Å². The quantitative estimate of drug-likeness (QED) is 0.608. The minimum atomic E-state index is -0.512. The summed E-state index contributed by atoms with van der Waals surface area (Å²) in [6.45, 7) is 2.17. The van der Waals surface area contributed by atoms with Crippen molar-refractivity contribution in [1.82, 2.24) is 0 Å². The number of methoxy groups -OCH3 is 1. The number of furan rings is 1. The Balaban J connectivity index is 1.40. The van der Waals surface area contributed by atoms with Gasteiger partial charge in [-0.15, -0.1) is 11.3 Å². The highest BCUT2D eigenvalue weighted by Crippen LogP contribution is 2.35. The molecule has 0 bridgehead atoms. The molecule has 0 radical (unpaired) electrons. The zero-order valence-electron chi connectivity index (χ0n) is 15.6. The first-order valence-electron chi connectivity index (χ1n) is 8.65. The van der Waals surface area contributed by atoms with E-state index in [9.17, 15) is 9.59 Å². The van der Waals surface area contributed by atoms with Gasteiger partial charge in [0.25, 0.3) is 5.91 Å². The van der Waals surface area contributed by atoms with E-state index in [4.69, 9.17) is 23.4 Å². The Morgan fingerprint density at radius 2 is 1.97 bits per heavy atom. The summed E-state index contributed by atoms with van der Waals surface area (Å²) in [6.07, 6.45) is 0. The maximum atomic E-state index is 12.5. The number of hydrogen-bond acceptors (Lipinski definition) is 8. The Labute approximate surface area is 169 Å². The molecule has 0 fully saturated rings. The Morgan fingerprint density at radius 3 is 2.79 bits per heavy atom. The molecule has 29 heavy (non-hydrogen) atoms. The minimum Gasteiger partial charge on any atom is -0.486 e. The number of rotatable bonds is 6. The van der Waals surface area contributed by atoms with E-state index in [1.165, 1.54) is 18.4 Å². The van der Waals surface area contributed by atoms with Gasteiger partial charge in [-0.05, 0) is 37.3 Å². The maximum Gasteiger partial charge on any atom is 0.340 e. The number of benzene rings is 1. The Kier molecular flexibility index (Phi) is 5.13. The molecule has 0 saturated heterocycles. The van der Waals surface area contributed by atoms with Crippen LogP contribution in [0.25, 0.3) is 0 Å². The molecule has 0 aliphatic carbocycles. The second-order valence-electron chi connectivity index (χ2n) is 6.12. The van der Waals surface area contributed by atoms with Gasteiger partial charge in [-0.3, -0.25) is 4.79 Å². The number of hydrogen-bond donors (Lipinski definition) is 1. The third-order valence-corrected chi connectivity index (χ3v) is 5.06. The van der Waals surface area contributed by atoms with Crippen LogP contribution < -0.4 is 19.5 Å². The number of amides is 1. The standard InChI is InChI=1S/C20H17NO7S/c1-11-7-14(20(23)24-2)19(29-11)21-18(22)16-6-4-13(28-16)9-25-12-3-5-15-17(8-12)27-10-26-15/h3-8H,9-10H2,1-2H3,(H,21,22). The molecule has 1 aliphatic rings. The summed E-state index contributed by atoms with van der Waals surface area (Å²) >= 11 is 1.28. The second-order valence-corrected chi connectivity index (χ2v) is 7.37. The molecule has 0 atom stereocenters. The number of ether oxygens (including phenoxy) is 4. The fraction of sp³-hybridized carbons (Fsp3) is 0.200. The van der Waals surface area contributed by atoms with E-state index in [-0.39, 0.29) is 19.2 Å². The third kappa shape index (κ3) is 4.04. The van der Waals surface area contributed by atoms with Gasteiger partial charge in [-0.2, -0.15) is 0 Å². The third-order valence-electron chi connectivity index (χ3n) is 4.10. The first-order valence-corrected chi connectivity index (χ1v) is 9.46. The van der Waals surface area contributed by atoms with Crippen molar-refractivity contribution < 1.29 is 33.0 Å². The molecule has 9 heteroatoms. The first kappa shape index (κ1) is 18.9. The normalized spacial score (nSPS) is 11.9. The maximum absolute atomic E-state index is 12.5. The van der Waals surface area contributed by atoms with E-state index in [1.807, 2.05) is 6.92 Å². The number of esters is 1. The summed E-state index contributed by atoms with van der Waals surface area (Å²) in [5.41, 5.74) is 0.307. The molecule has 1 aromatic carbocycles. The zero-order chi connectivity index (χ0) is 20.4. The highest BCUT2D eigenvalue weighted by molar-refractivity contribution is 7.16. The van der Waals surface area contributed by atoms with Crippen LogP contribution in [0.15, 0.2) is 40.8 Å². The largest absolute Gasteiger partial charge is 0.486 e. The van der Waals surface area contributed by atoms with Gasteiger partial charge >= 0.3 is 5.97 Å². The van der Waals surface area contributed by atoms with E-state index in [0.717, 1.165) is 4.88 Å². The fourth-order valence-electron chi connectivity index (χ4n) is 2.73. The molecule has 0 saturated carbocycles. The van der Waals surface area contributed by atoms with Crippen LogP contribution >= 0.6 is 11.3 Å². The van der Waals surface area contributed by atoms with E-state index >= 15 is 0 Å². The number of nitrogens with one attached hydrogen (secondary N) is 1. The second kappa shape index (κ2) is 7.88. The van der Waals surface area contributed by atoms with E-state index in [1.54, 1.807) is 36.4 Å². The van der Waals surface area contributed by atoms with E-state index in [2.05, 4.69) is 5.32 Å². The number of anilines is 1. The molecule has 1 aliphatic heterocycles. The molecular formula is C20H17NO7S. The van der Waals surface area contributed by atoms with Gasteiger partial charge in [-0.25, -0.2) is 4.79 Å². The molecule has 3 aromatic rings. The number of fused-ring (bicyclic) bond motifs is 1. The Morgan fingerprint density at radius 1 is 1.14 bits per heavy atom. The molecule has 0 spiro atoms. The summed E-state index contributed by atoms with van der Waals surface area (Å²) in [7, 11) is 1.29. The molecular weight excluding hydrogens is 398 g/mol. The van der Waals surface area contributed by atoms with Crippen molar-refractivity contribution >= 4 is 28.2 Å². The monoisotopic (exact) mass is 415 g/mol. The average molecular weight is 415 g/mol. The van der Waals surface area contributed by atoms with Crippen LogP contribution in [0.1, 0.15) is 31.6 Å². The molecule has 150 valence electrons. The van der Waals surface area contributed by atoms with Gasteiger partial charge in [-0.1, -0.05) is 0 Å². The highest BCUT2D eigenvalue weighted by Gasteiger charge is 2.20. The molecule has 3 heterocycles. The molecule has 2 aromatic heterocycles. The lowest BCUT2D eigenvalue weighted by Gasteiger charge is -2.05. The van der Waals surface area contributed by atoms with Gasteiger partial charge in [0.15, 0.2) is 17.3 Å². The zero-order valence-corrected chi connectivity index (χ0v) is 16.5. The summed E-state index contributed by atoms with van der Waals surface area (Å²) in [5.74, 6) is 1.49. The molecule has 1 amide bonds. The minimum absolute atomic E-state index is 0.108. The molecule has 8 nitrogen and oxygen atoms in total. The van der Waals surface area contributed by atoms with Crippen LogP contribution in [0.4, 0.5) is 5.00 Å². The number of aryl methyl sites for hydroxylation is 1. The van der Waals surface area contributed by atoms with Crippen molar-refractivity contribution in [3.63, 3.8) is 0 Å². The van der Waals surface area contributed by atoms with E-state index in [0.29, 0.717) is 33.6 Å². The van der Waals surface area contributed by atoms with Crippen LogP contribution in [-0.2, 0) is 11.3 Å². The van der Waals surface area contributed by atoms with Crippen molar-refractivity contribution in [2.45, 2.75) is 13.5 Å². The topological polar surface area (TPSA) is 96.2 Å². The van der Waals surface area contributed by atoms with Crippen molar-refractivity contribution in [3.05, 3.63) is 58.4 Å². The SMILES string of the molecule is COC(=O)c1cc(C)sc1NC(=O)c1ccc(COc2ccc3c(c2)OCO3)o1. The lowest BCUT2D eigenvalue weighted by atomic mass is 10.3. The smallest absolute Gasteiger partial charge is 0.340 e. The van der Waals surface area contributed by atoms with E-state index < -0.39 is 11.9 Å². The van der Waals surface area contributed by atoms with Crippen molar-refractivity contribution in [2.75, 3.05) is 19.2 Å². The summed E-state index contributed by atoms with van der Waals surface area (Å²) < 4.78 is 26.5. The number of thiophene rings is 1. The Bertz CT molecular complexity index is 1070. The summed E-state index contributed by atoms with van der Waals surface area (Å²) in [4.78, 5) is 25.2. The molecule has 4 rings (SSSR count). The van der Waals surface area contributed by atoms with Crippen LogP contribution in [0, 0.1) is 6.92 Å². The van der Waals surface area contributed by atoms with Crippen LogP contribution in [0.2, 0.25) is 0 Å². The first-order chi connectivity index (χ1) is 14.0.